The molecule has 2 aromatic heterocycles. The van der Waals surface area contributed by atoms with E-state index in [1.807, 2.05) is 13.8 Å². The van der Waals surface area contributed by atoms with Crippen molar-refractivity contribution in [3.8, 4) is 0 Å². The Labute approximate surface area is 111 Å². The SMILES string of the molecule is Cc1[nH]nc(I)c1Cl.Cc1[nH]ncc1Cl. The largest absolute Gasteiger partial charge is 0.281 e. The summed E-state index contributed by atoms with van der Waals surface area (Å²) >= 11 is 13.3. The maximum absolute atomic E-state index is 5.69. The van der Waals surface area contributed by atoms with Gasteiger partial charge in [0.05, 0.1) is 27.6 Å². The predicted molar refractivity (Wildman–Crippen MR) is 69.4 cm³/mol. The summed E-state index contributed by atoms with van der Waals surface area (Å²) in [4.78, 5) is 0. The lowest BCUT2D eigenvalue weighted by atomic mass is 10.5. The number of nitrogens with zero attached hydrogens (tertiary/aromatic N) is 2. The van der Waals surface area contributed by atoms with Gasteiger partial charge in [0.1, 0.15) is 3.70 Å². The van der Waals surface area contributed by atoms with Crippen molar-refractivity contribution in [2.24, 2.45) is 0 Å². The van der Waals surface area contributed by atoms with Crippen LogP contribution in [-0.4, -0.2) is 20.4 Å². The molecule has 4 nitrogen and oxygen atoms in total. The molecule has 0 aliphatic rings. The van der Waals surface area contributed by atoms with E-state index in [9.17, 15) is 0 Å². The number of H-pyrrole nitrogens is 2. The highest BCUT2D eigenvalue weighted by Crippen LogP contribution is 2.17. The third-order valence-electron chi connectivity index (χ3n) is 1.60. The number of rotatable bonds is 0. The molecule has 0 aromatic carbocycles. The van der Waals surface area contributed by atoms with Crippen molar-refractivity contribution >= 4 is 45.8 Å². The summed E-state index contributed by atoms with van der Waals surface area (Å²) in [5, 5.41) is 14.4. The minimum Gasteiger partial charge on any atom is -0.281 e. The molecule has 0 bridgehead atoms. The molecule has 0 aliphatic heterocycles. The van der Waals surface area contributed by atoms with Crippen LogP contribution >= 0.6 is 45.8 Å². The van der Waals surface area contributed by atoms with Crippen LogP contribution in [0.15, 0.2) is 6.20 Å². The van der Waals surface area contributed by atoms with Crippen molar-refractivity contribution < 1.29 is 0 Å². The van der Waals surface area contributed by atoms with Crippen LogP contribution in [0.1, 0.15) is 11.4 Å². The fourth-order valence-corrected chi connectivity index (χ4v) is 1.42. The molecule has 0 aliphatic carbocycles. The monoisotopic (exact) mass is 358 g/mol. The molecule has 0 saturated heterocycles. The Balaban J connectivity index is 0.000000151. The molecule has 0 spiro atoms. The average molecular weight is 359 g/mol. The average Bonchev–Trinajstić information content (AvgIpc) is 2.70. The van der Waals surface area contributed by atoms with E-state index < -0.39 is 0 Å². The van der Waals surface area contributed by atoms with Gasteiger partial charge in [-0.15, -0.1) is 0 Å². The Morgan fingerprint density at radius 3 is 2.00 bits per heavy atom. The van der Waals surface area contributed by atoms with E-state index in [4.69, 9.17) is 23.2 Å². The zero-order chi connectivity index (χ0) is 11.4. The first-order chi connectivity index (χ1) is 7.02. The number of aromatic nitrogens is 4. The van der Waals surface area contributed by atoms with Gasteiger partial charge < -0.3 is 0 Å². The molecule has 2 N–H and O–H groups in total. The summed E-state index contributed by atoms with van der Waals surface area (Å²) in [7, 11) is 0. The van der Waals surface area contributed by atoms with Crippen LogP contribution in [0.25, 0.3) is 0 Å². The van der Waals surface area contributed by atoms with E-state index in [0.717, 1.165) is 20.1 Å². The minimum atomic E-state index is 0.694. The van der Waals surface area contributed by atoms with Crippen LogP contribution in [0.4, 0.5) is 0 Å². The summed E-state index contributed by atoms with van der Waals surface area (Å²) in [6.45, 7) is 3.76. The van der Waals surface area contributed by atoms with Crippen LogP contribution in [0, 0.1) is 17.5 Å². The molecule has 0 unspecified atom stereocenters. The molecule has 0 amide bonds. The third-order valence-corrected chi connectivity index (χ3v) is 3.54. The highest BCUT2D eigenvalue weighted by Gasteiger charge is 2.01. The molecular formula is C8H9Cl2IN4. The number of hydrogen-bond donors (Lipinski definition) is 2. The van der Waals surface area contributed by atoms with E-state index >= 15 is 0 Å². The summed E-state index contributed by atoms with van der Waals surface area (Å²) in [6.07, 6.45) is 1.58. The molecule has 2 heterocycles. The number of nitrogens with one attached hydrogen (secondary N) is 2. The molecule has 0 radical (unpaired) electrons. The molecular weight excluding hydrogens is 350 g/mol. The second kappa shape index (κ2) is 5.72. The predicted octanol–water partition coefficient (Wildman–Crippen LogP) is 3.35. The summed E-state index contributed by atoms with van der Waals surface area (Å²) < 4.78 is 0.835. The molecule has 0 atom stereocenters. The number of aryl methyl sites for hydroxylation is 2. The Morgan fingerprint density at radius 2 is 1.87 bits per heavy atom. The summed E-state index contributed by atoms with van der Waals surface area (Å²) in [5.74, 6) is 0. The lowest BCUT2D eigenvalue weighted by Gasteiger charge is -1.79. The van der Waals surface area contributed by atoms with Gasteiger partial charge in [0.25, 0.3) is 0 Å². The standard InChI is InChI=1S/C4H4ClIN2.C4H5ClN2/c1-2-3(5)4(6)8-7-2;1-3-4(5)2-6-7-3/h1H3,(H,7,8);2H,1H3,(H,6,7). The second-order valence-electron chi connectivity index (χ2n) is 2.80. The Kier molecular flexibility index (Phi) is 4.88. The molecule has 82 valence electrons. The number of hydrogen-bond acceptors (Lipinski definition) is 2. The first-order valence-electron chi connectivity index (χ1n) is 4.03. The van der Waals surface area contributed by atoms with E-state index in [0.29, 0.717) is 5.02 Å². The van der Waals surface area contributed by atoms with Crippen LogP contribution in [0.3, 0.4) is 0 Å². The number of aromatic amines is 2. The van der Waals surface area contributed by atoms with Crippen molar-refractivity contribution in [2.45, 2.75) is 13.8 Å². The topological polar surface area (TPSA) is 57.4 Å². The Bertz CT molecular complexity index is 402. The highest BCUT2D eigenvalue weighted by molar-refractivity contribution is 14.1. The van der Waals surface area contributed by atoms with Gasteiger partial charge in [0.2, 0.25) is 0 Å². The second-order valence-corrected chi connectivity index (χ2v) is 4.60. The van der Waals surface area contributed by atoms with Crippen LogP contribution in [0.5, 0.6) is 0 Å². The maximum Gasteiger partial charge on any atom is 0.141 e. The third kappa shape index (κ3) is 3.66. The molecule has 0 fully saturated rings. The normalized spacial score (nSPS) is 9.67. The molecule has 2 aromatic rings. The van der Waals surface area contributed by atoms with Gasteiger partial charge in [0, 0.05) is 0 Å². The Morgan fingerprint density at radius 1 is 1.20 bits per heavy atom. The van der Waals surface area contributed by atoms with Crippen LogP contribution in [-0.2, 0) is 0 Å². The van der Waals surface area contributed by atoms with Crippen molar-refractivity contribution in [1.29, 1.82) is 0 Å². The van der Waals surface area contributed by atoms with Gasteiger partial charge in [-0.2, -0.15) is 10.2 Å². The van der Waals surface area contributed by atoms with Crippen molar-refractivity contribution in [1.82, 2.24) is 20.4 Å². The molecule has 0 saturated carbocycles. The van der Waals surface area contributed by atoms with Crippen molar-refractivity contribution in [2.75, 3.05) is 0 Å². The first-order valence-corrected chi connectivity index (χ1v) is 5.87. The van der Waals surface area contributed by atoms with E-state index in [1.165, 1.54) is 0 Å². The Hall–Kier alpha value is -0.270. The van der Waals surface area contributed by atoms with Crippen molar-refractivity contribution in [3.05, 3.63) is 31.3 Å². The molecule has 2 rings (SSSR count). The number of halogens is 3. The van der Waals surface area contributed by atoms with Gasteiger partial charge in [-0.3, -0.25) is 10.2 Å². The maximum atomic E-state index is 5.69. The van der Waals surface area contributed by atoms with E-state index in [-0.39, 0.29) is 0 Å². The lowest BCUT2D eigenvalue weighted by molar-refractivity contribution is 1.03. The smallest absolute Gasteiger partial charge is 0.141 e. The van der Waals surface area contributed by atoms with E-state index in [1.54, 1.807) is 6.20 Å². The zero-order valence-corrected chi connectivity index (χ0v) is 11.8. The van der Waals surface area contributed by atoms with Crippen LogP contribution < -0.4 is 0 Å². The summed E-state index contributed by atoms with van der Waals surface area (Å²) in [6, 6.07) is 0. The highest BCUT2D eigenvalue weighted by atomic mass is 127. The molecule has 15 heavy (non-hydrogen) atoms. The van der Waals surface area contributed by atoms with Gasteiger partial charge in [-0.25, -0.2) is 0 Å². The lowest BCUT2D eigenvalue weighted by Crippen LogP contribution is -1.67. The van der Waals surface area contributed by atoms with E-state index in [2.05, 4.69) is 43.0 Å². The zero-order valence-electron chi connectivity index (χ0n) is 8.11. The van der Waals surface area contributed by atoms with Gasteiger partial charge >= 0.3 is 0 Å². The van der Waals surface area contributed by atoms with Crippen molar-refractivity contribution in [3.63, 3.8) is 0 Å². The quantitative estimate of drug-likeness (QED) is 0.709. The fraction of sp³-hybridized carbons (Fsp3) is 0.250. The van der Waals surface area contributed by atoms with Gasteiger partial charge in [-0.1, -0.05) is 23.2 Å². The van der Waals surface area contributed by atoms with Gasteiger partial charge in [0.15, 0.2) is 0 Å². The summed E-state index contributed by atoms with van der Waals surface area (Å²) in [5.41, 5.74) is 1.85. The first kappa shape index (κ1) is 12.8. The van der Waals surface area contributed by atoms with Crippen LogP contribution in [0.2, 0.25) is 10.0 Å². The van der Waals surface area contributed by atoms with Gasteiger partial charge in [-0.05, 0) is 36.4 Å². The minimum absolute atomic E-state index is 0.694. The fourth-order valence-electron chi connectivity index (χ4n) is 0.722. The molecule has 7 heteroatoms.